The first-order valence-corrected chi connectivity index (χ1v) is 10.8. The molecule has 8 nitrogen and oxygen atoms in total. The Balaban J connectivity index is 1.64. The fraction of sp³-hybridized carbons (Fsp3) is 0.391. The van der Waals surface area contributed by atoms with E-state index in [9.17, 15) is 9.18 Å². The van der Waals surface area contributed by atoms with Gasteiger partial charge in [0.05, 0.1) is 19.2 Å². The second-order valence-electron chi connectivity index (χ2n) is 7.94. The number of halogens is 1. The van der Waals surface area contributed by atoms with Crippen molar-refractivity contribution in [3.05, 3.63) is 71.3 Å². The molecule has 0 spiro atoms. The third-order valence-corrected chi connectivity index (χ3v) is 5.85. The Labute approximate surface area is 186 Å². The molecule has 0 saturated carbocycles. The molecule has 32 heavy (non-hydrogen) atoms. The van der Waals surface area contributed by atoms with E-state index >= 15 is 0 Å². The highest BCUT2D eigenvalue weighted by Crippen LogP contribution is 2.32. The van der Waals surface area contributed by atoms with Gasteiger partial charge in [-0.2, -0.15) is 0 Å². The van der Waals surface area contributed by atoms with Crippen molar-refractivity contribution in [2.24, 2.45) is 11.7 Å². The summed E-state index contributed by atoms with van der Waals surface area (Å²) >= 11 is 0. The Kier molecular flexibility index (Phi) is 6.75. The Morgan fingerprint density at radius 3 is 2.47 bits per heavy atom. The molecule has 0 aliphatic carbocycles. The summed E-state index contributed by atoms with van der Waals surface area (Å²) < 4.78 is 20.6. The van der Waals surface area contributed by atoms with Gasteiger partial charge in [0, 0.05) is 5.92 Å². The average molecular weight is 439 g/mol. The van der Waals surface area contributed by atoms with Gasteiger partial charge in [-0.05, 0) is 78.7 Å². The second-order valence-corrected chi connectivity index (χ2v) is 7.94. The average Bonchev–Trinajstić information content (AvgIpc) is 3.25. The standard InChI is InChI=1S/C23H27FN6O2/c1-2-32-20-9-5-17(6-10-20)21(29-13-11-18(12-14-29)22(25)31)23-26-27-28-30(23)15-16-3-7-19(24)8-4-16/h3-10,18,21H,2,11-15H2,1H3,(H2,25,31). The molecule has 1 amide bonds. The van der Waals surface area contributed by atoms with E-state index in [0.717, 1.165) is 16.9 Å². The molecule has 1 saturated heterocycles. The molecule has 1 aromatic heterocycles. The number of rotatable bonds is 8. The van der Waals surface area contributed by atoms with Crippen LogP contribution in [0.2, 0.25) is 0 Å². The minimum Gasteiger partial charge on any atom is -0.494 e. The van der Waals surface area contributed by atoms with Crippen molar-refractivity contribution >= 4 is 5.91 Å². The van der Waals surface area contributed by atoms with Crippen molar-refractivity contribution < 1.29 is 13.9 Å². The van der Waals surface area contributed by atoms with E-state index < -0.39 is 0 Å². The number of nitrogens with two attached hydrogens (primary N) is 1. The first kappa shape index (κ1) is 21.9. The first-order valence-electron chi connectivity index (χ1n) is 10.8. The highest BCUT2D eigenvalue weighted by molar-refractivity contribution is 5.76. The number of amides is 1. The number of piperidine rings is 1. The van der Waals surface area contributed by atoms with Crippen molar-refractivity contribution in [3.8, 4) is 5.75 Å². The molecule has 2 N–H and O–H groups in total. The molecule has 2 aromatic carbocycles. The summed E-state index contributed by atoms with van der Waals surface area (Å²) in [6, 6.07) is 14.0. The van der Waals surface area contributed by atoms with Crippen LogP contribution >= 0.6 is 0 Å². The molecule has 0 bridgehead atoms. The number of hydrogen-bond donors (Lipinski definition) is 1. The van der Waals surface area contributed by atoms with E-state index in [1.54, 1.807) is 16.8 Å². The van der Waals surface area contributed by atoms with Crippen LogP contribution in [0.15, 0.2) is 48.5 Å². The van der Waals surface area contributed by atoms with Crippen LogP contribution in [-0.4, -0.2) is 50.7 Å². The fourth-order valence-corrected chi connectivity index (χ4v) is 4.16. The number of primary amides is 1. The SMILES string of the molecule is CCOc1ccc(C(c2nnnn2Cc2ccc(F)cc2)N2CCC(C(N)=O)CC2)cc1. The van der Waals surface area contributed by atoms with Crippen LogP contribution in [0.4, 0.5) is 4.39 Å². The van der Waals surface area contributed by atoms with E-state index in [0.29, 0.717) is 44.9 Å². The molecule has 9 heteroatoms. The van der Waals surface area contributed by atoms with Gasteiger partial charge >= 0.3 is 0 Å². The Morgan fingerprint density at radius 2 is 1.84 bits per heavy atom. The van der Waals surface area contributed by atoms with Crippen LogP contribution in [0.1, 0.15) is 42.8 Å². The lowest BCUT2D eigenvalue weighted by molar-refractivity contribution is -0.123. The Hall–Kier alpha value is -3.33. The summed E-state index contributed by atoms with van der Waals surface area (Å²) in [6.45, 7) is 4.38. The maximum absolute atomic E-state index is 13.3. The minimum atomic E-state index is -0.282. The van der Waals surface area contributed by atoms with Crippen molar-refractivity contribution in [1.82, 2.24) is 25.1 Å². The molecule has 1 atom stereocenters. The van der Waals surface area contributed by atoms with Gasteiger partial charge in [-0.3, -0.25) is 9.69 Å². The molecule has 0 radical (unpaired) electrons. The zero-order chi connectivity index (χ0) is 22.5. The van der Waals surface area contributed by atoms with Crippen LogP contribution in [0.3, 0.4) is 0 Å². The molecular weight excluding hydrogens is 411 g/mol. The van der Waals surface area contributed by atoms with Crippen LogP contribution in [0.25, 0.3) is 0 Å². The number of ether oxygens (including phenoxy) is 1. The zero-order valence-electron chi connectivity index (χ0n) is 18.0. The molecule has 3 aromatic rings. The second kappa shape index (κ2) is 9.86. The number of benzene rings is 2. The summed E-state index contributed by atoms with van der Waals surface area (Å²) in [6.07, 6.45) is 1.39. The molecule has 168 valence electrons. The van der Waals surface area contributed by atoms with Crippen LogP contribution < -0.4 is 10.5 Å². The van der Waals surface area contributed by atoms with Gasteiger partial charge in [0.2, 0.25) is 5.91 Å². The normalized spacial score (nSPS) is 16.1. The van der Waals surface area contributed by atoms with E-state index in [-0.39, 0.29) is 23.7 Å². The Bertz CT molecular complexity index is 1030. The Morgan fingerprint density at radius 1 is 1.16 bits per heavy atom. The molecule has 1 aliphatic rings. The van der Waals surface area contributed by atoms with Gasteiger partial charge in [-0.25, -0.2) is 9.07 Å². The maximum atomic E-state index is 13.3. The molecule has 1 fully saturated rings. The highest BCUT2D eigenvalue weighted by atomic mass is 19.1. The smallest absolute Gasteiger partial charge is 0.220 e. The zero-order valence-corrected chi connectivity index (χ0v) is 18.0. The predicted octanol–water partition coefficient (Wildman–Crippen LogP) is 2.55. The number of hydrogen-bond acceptors (Lipinski definition) is 6. The topological polar surface area (TPSA) is 99.2 Å². The molecular formula is C23H27FN6O2. The summed E-state index contributed by atoms with van der Waals surface area (Å²) in [5.41, 5.74) is 7.46. The van der Waals surface area contributed by atoms with Gasteiger partial charge in [0.1, 0.15) is 11.6 Å². The van der Waals surface area contributed by atoms with Crippen LogP contribution in [0, 0.1) is 11.7 Å². The minimum absolute atomic E-state index is 0.109. The predicted molar refractivity (Wildman–Crippen MR) is 116 cm³/mol. The quantitative estimate of drug-likeness (QED) is 0.580. The summed E-state index contributed by atoms with van der Waals surface area (Å²) in [4.78, 5) is 13.9. The van der Waals surface area contributed by atoms with Gasteiger partial charge in [-0.15, -0.1) is 5.10 Å². The van der Waals surface area contributed by atoms with Gasteiger partial charge in [0.25, 0.3) is 0 Å². The first-order chi connectivity index (χ1) is 15.5. The number of tetrazole rings is 1. The van der Waals surface area contributed by atoms with Crippen molar-refractivity contribution in [2.45, 2.75) is 32.4 Å². The highest BCUT2D eigenvalue weighted by Gasteiger charge is 2.32. The molecule has 4 rings (SSSR count). The lowest BCUT2D eigenvalue weighted by Gasteiger charge is -2.36. The molecule has 2 heterocycles. The van der Waals surface area contributed by atoms with Crippen molar-refractivity contribution in [3.63, 3.8) is 0 Å². The summed E-state index contributed by atoms with van der Waals surface area (Å²) in [7, 11) is 0. The van der Waals surface area contributed by atoms with Gasteiger partial charge in [0.15, 0.2) is 5.82 Å². The monoisotopic (exact) mass is 438 g/mol. The third-order valence-electron chi connectivity index (χ3n) is 5.85. The third kappa shape index (κ3) is 4.94. The molecule has 1 aliphatic heterocycles. The molecule has 1 unspecified atom stereocenters. The number of carbonyl (C=O) groups excluding carboxylic acids is 1. The van der Waals surface area contributed by atoms with E-state index in [4.69, 9.17) is 10.5 Å². The number of carbonyl (C=O) groups is 1. The lowest BCUT2D eigenvalue weighted by atomic mass is 9.93. The van der Waals surface area contributed by atoms with Gasteiger partial charge in [-0.1, -0.05) is 24.3 Å². The van der Waals surface area contributed by atoms with Crippen molar-refractivity contribution in [2.75, 3.05) is 19.7 Å². The van der Waals surface area contributed by atoms with Crippen LogP contribution in [0.5, 0.6) is 5.75 Å². The van der Waals surface area contributed by atoms with Gasteiger partial charge < -0.3 is 10.5 Å². The number of aromatic nitrogens is 4. The number of nitrogens with zero attached hydrogens (tertiary/aromatic N) is 5. The largest absolute Gasteiger partial charge is 0.494 e. The summed E-state index contributed by atoms with van der Waals surface area (Å²) in [5.74, 6) is 0.852. The maximum Gasteiger partial charge on any atom is 0.220 e. The van der Waals surface area contributed by atoms with E-state index in [1.165, 1.54) is 12.1 Å². The van der Waals surface area contributed by atoms with E-state index in [1.807, 2.05) is 31.2 Å². The lowest BCUT2D eigenvalue weighted by Crippen LogP contribution is -2.41. The summed E-state index contributed by atoms with van der Waals surface area (Å²) in [5, 5.41) is 12.5. The van der Waals surface area contributed by atoms with E-state index in [2.05, 4.69) is 20.4 Å². The number of likely N-dealkylation sites (tertiary alicyclic amines) is 1. The van der Waals surface area contributed by atoms with Crippen molar-refractivity contribution in [1.29, 1.82) is 0 Å². The van der Waals surface area contributed by atoms with Crippen LogP contribution in [-0.2, 0) is 11.3 Å². The fourth-order valence-electron chi connectivity index (χ4n) is 4.16.